The van der Waals surface area contributed by atoms with Gasteiger partial charge in [-0.1, -0.05) is 0 Å². The lowest BCUT2D eigenvalue weighted by Crippen LogP contribution is -2.37. The molecule has 0 spiro atoms. The molecule has 1 aliphatic rings. The number of aryl methyl sites for hydroxylation is 2. The zero-order chi connectivity index (χ0) is 14.9. The molecule has 20 heavy (non-hydrogen) atoms. The second-order valence-electron chi connectivity index (χ2n) is 5.21. The summed E-state index contributed by atoms with van der Waals surface area (Å²) in [6, 6.07) is 1.84. The van der Waals surface area contributed by atoms with Gasteiger partial charge in [-0.25, -0.2) is 0 Å². The number of pyridine rings is 1. The van der Waals surface area contributed by atoms with E-state index in [0.29, 0.717) is 37.2 Å². The number of carboxylic acid groups (broad SMARTS) is 1. The maximum Gasteiger partial charge on any atom is 0.306 e. The summed E-state index contributed by atoms with van der Waals surface area (Å²) in [5, 5.41) is 9.02. The number of carbonyl (C=O) groups excluding carboxylic acids is 1. The average molecular weight is 277 g/mol. The second kappa shape index (κ2) is 5.48. The first-order valence-corrected chi connectivity index (χ1v) is 6.66. The molecule has 3 N–H and O–H groups in total. The Balaban J connectivity index is 2.30. The maximum absolute atomic E-state index is 11.6. The number of piperidine rings is 1. The molecule has 2 rings (SSSR count). The highest BCUT2D eigenvalue weighted by Gasteiger charge is 2.27. The van der Waals surface area contributed by atoms with Crippen molar-refractivity contribution in [2.24, 2.45) is 11.7 Å². The van der Waals surface area contributed by atoms with Crippen molar-refractivity contribution in [3.63, 3.8) is 0 Å². The molecule has 1 amide bonds. The molecule has 108 valence electrons. The highest BCUT2D eigenvalue weighted by Crippen LogP contribution is 2.28. The lowest BCUT2D eigenvalue weighted by molar-refractivity contribution is -0.142. The standard InChI is InChI=1S/C14H19N3O3/c1-8-7-11(12(13(15)18)9(2)16-8)17-5-3-10(4-6-17)14(19)20/h7,10H,3-6H2,1-2H3,(H2,15,18)(H,19,20). The van der Waals surface area contributed by atoms with Gasteiger partial charge in [0.1, 0.15) is 0 Å². The quantitative estimate of drug-likeness (QED) is 0.862. The van der Waals surface area contributed by atoms with E-state index in [1.165, 1.54) is 0 Å². The summed E-state index contributed by atoms with van der Waals surface area (Å²) < 4.78 is 0. The predicted molar refractivity (Wildman–Crippen MR) is 74.8 cm³/mol. The molecule has 6 heteroatoms. The Morgan fingerprint density at radius 3 is 2.45 bits per heavy atom. The summed E-state index contributed by atoms with van der Waals surface area (Å²) >= 11 is 0. The van der Waals surface area contributed by atoms with E-state index in [0.717, 1.165) is 11.4 Å². The molecule has 1 fully saturated rings. The lowest BCUT2D eigenvalue weighted by Gasteiger charge is -2.33. The van der Waals surface area contributed by atoms with Crippen LogP contribution in [0.15, 0.2) is 6.07 Å². The molecule has 0 aromatic carbocycles. The molecular formula is C14H19N3O3. The molecule has 0 bridgehead atoms. The Hall–Kier alpha value is -2.11. The van der Waals surface area contributed by atoms with Crippen LogP contribution in [0.2, 0.25) is 0 Å². The summed E-state index contributed by atoms with van der Waals surface area (Å²) in [5.74, 6) is -1.54. The van der Waals surface area contributed by atoms with E-state index in [9.17, 15) is 9.59 Å². The zero-order valence-corrected chi connectivity index (χ0v) is 11.7. The molecular weight excluding hydrogens is 258 g/mol. The summed E-state index contributed by atoms with van der Waals surface area (Å²) in [4.78, 5) is 28.9. The number of amides is 1. The maximum atomic E-state index is 11.6. The molecule has 0 radical (unpaired) electrons. The van der Waals surface area contributed by atoms with E-state index < -0.39 is 11.9 Å². The fourth-order valence-corrected chi connectivity index (χ4v) is 2.73. The number of nitrogens with zero attached hydrogens (tertiary/aromatic N) is 2. The molecule has 0 aliphatic carbocycles. The van der Waals surface area contributed by atoms with Crippen LogP contribution in [0.25, 0.3) is 0 Å². The zero-order valence-electron chi connectivity index (χ0n) is 11.7. The fourth-order valence-electron chi connectivity index (χ4n) is 2.73. The van der Waals surface area contributed by atoms with Gasteiger partial charge in [-0.15, -0.1) is 0 Å². The van der Waals surface area contributed by atoms with Gasteiger partial charge >= 0.3 is 5.97 Å². The summed E-state index contributed by atoms with van der Waals surface area (Å²) in [7, 11) is 0. The Bertz CT molecular complexity index is 549. The van der Waals surface area contributed by atoms with Gasteiger partial charge in [0.2, 0.25) is 0 Å². The molecule has 2 heterocycles. The normalized spacial score (nSPS) is 16.2. The van der Waals surface area contributed by atoms with Crippen LogP contribution in [0.5, 0.6) is 0 Å². The van der Waals surface area contributed by atoms with Gasteiger partial charge in [-0.2, -0.15) is 0 Å². The van der Waals surface area contributed by atoms with Gasteiger partial charge < -0.3 is 15.7 Å². The van der Waals surface area contributed by atoms with E-state index >= 15 is 0 Å². The van der Waals surface area contributed by atoms with Crippen LogP contribution in [0.4, 0.5) is 5.69 Å². The Morgan fingerprint density at radius 2 is 1.95 bits per heavy atom. The SMILES string of the molecule is Cc1cc(N2CCC(C(=O)O)CC2)c(C(N)=O)c(C)n1. The van der Waals surface area contributed by atoms with E-state index in [4.69, 9.17) is 10.8 Å². The largest absolute Gasteiger partial charge is 0.481 e. The van der Waals surface area contributed by atoms with Gasteiger partial charge in [0.15, 0.2) is 0 Å². The number of rotatable bonds is 3. The van der Waals surface area contributed by atoms with E-state index in [-0.39, 0.29) is 5.92 Å². The van der Waals surface area contributed by atoms with Gasteiger partial charge in [-0.3, -0.25) is 14.6 Å². The predicted octanol–water partition coefficient (Wildman–Crippen LogP) is 1.10. The summed E-state index contributed by atoms with van der Waals surface area (Å²) in [5.41, 5.74) is 8.09. The van der Waals surface area contributed by atoms with E-state index in [1.807, 2.05) is 17.9 Å². The number of hydrogen-bond donors (Lipinski definition) is 2. The number of anilines is 1. The van der Waals surface area contributed by atoms with Crippen LogP contribution < -0.4 is 10.6 Å². The number of primary amides is 1. The van der Waals surface area contributed by atoms with Crippen LogP contribution in [0.3, 0.4) is 0 Å². The lowest BCUT2D eigenvalue weighted by atomic mass is 9.96. The number of carbonyl (C=O) groups is 2. The molecule has 6 nitrogen and oxygen atoms in total. The van der Waals surface area contributed by atoms with E-state index in [1.54, 1.807) is 6.92 Å². The van der Waals surface area contributed by atoms with Crippen molar-refractivity contribution in [2.75, 3.05) is 18.0 Å². The highest BCUT2D eigenvalue weighted by molar-refractivity contribution is 5.99. The number of hydrogen-bond acceptors (Lipinski definition) is 4. The van der Waals surface area contributed by atoms with Gasteiger partial charge in [0.05, 0.1) is 22.9 Å². The Labute approximate surface area is 117 Å². The van der Waals surface area contributed by atoms with Gasteiger partial charge in [0.25, 0.3) is 5.91 Å². The van der Waals surface area contributed by atoms with Crippen LogP contribution in [-0.2, 0) is 4.79 Å². The first-order valence-electron chi connectivity index (χ1n) is 6.66. The van der Waals surface area contributed by atoms with E-state index in [2.05, 4.69) is 4.98 Å². The number of nitrogens with two attached hydrogens (primary N) is 1. The monoisotopic (exact) mass is 277 g/mol. The van der Waals surface area contributed by atoms with Crippen molar-refractivity contribution in [2.45, 2.75) is 26.7 Å². The van der Waals surface area contributed by atoms with Crippen LogP contribution in [-0.4, -0.2) is 35.1 Å². The highest BCUT2D eigenvalue weighted by atomic mass is 16.4. The molecule has 0 atom stereocenters. The first-order chi connectivity index (χ1) is 9.40. The van der Waals surface area contributed by atoms with Crippen molar-refractivity contribution >= 4 is 17.6 Å². The summed E-state index contributed by atoms with van der Waals surface area (Å²) in [6.07, 6.45) is 1.15. The molecule has 1 saturated heterocycles. The number of aliphatic carboxylic acids is 1. The van der Waals surface area contributed by atoms with Crippen molar-refractivity contribution in [1.82, 2.24) is 4.98 Å². The third-order valence-corrected chi connectivity index (χ3v) is 3.74. The minimum absolute atomic E-state index is 0.299. The Morgan fingerprint density at radius 1 is 1.35 bits per heavy atom. The third-order valence-electron chi connectivity index (χ3n) is 3.74. The van der Waals surface area contributed by atoms with Crippen molar-refractivity contribution in [3.05, 3.63) is 23.0 Å². The number of aromatic nitrogens is 1. The van der Waals surface area contributed by atoms with Gasteiger partial charge in [0, 0.05) is 18.8 Å². The van der Waals surface area contributed by atoms with Crippen LogP contribution in [0, 0.1) is 19.8 Å². The smallest absolute Gasteiger partial charge is 0.306 e. The summed E-state index contributed by atoms with van der Waals surface area (Å²) in [6.45, 7) is 4.85. The second-order valence-corrected chi connectivity index (χ2v) is 5.21. The minimum atomic E-state index is -0.748. The first kappa shape index (κ1) is 14.3. The van der Waals surface area contributed by atoms with Crippen molar-refractivity contribution in [1.29, 1.82) is 0 Å². The third kappa shape index (κ3) is 2.74. The number of carboxylic acids is 1. The van der Waals surface area contributed by atoms with Crippen LogP contribution >= 0.6 is 0 Å². The van der Waals surface area contributed by atoms with Gasteiger partial charge in [-0.05, 0) is 32.8 Å². The van der Waals surface area contributed by atoms with Crippen molar-refractivity contribution < 1.29 is 14.7 Å². The molecule has 1 aliphatic heterocycles. The fraction of sp³-hybridized carbons (Fsp3) is 0.500. The molecule has 1 aromatic heterocycles. The molecule has 1 aromatic rings. The molecule has 0 unspecified atom stereocenters. The Kier molecular flexibility index (Phi) is 3.92. The average Bonchev–Trinajstić information content (AvgIpc) is 2.37. The van der Waals surface area contributed by atoms with Crippen molar-refractivity contribution in [3.8, 4) is 0 Å². The minimum Gasteiger partial charge on any atom is -0.481 e. The topological polar surface area (TPSA) is 96.5 Å². The molecule has 0 saturated carbocycles. The van der Waals surface area contributed by atoms with Crippen LogP contribution in [0.1, 0.15) is 34.6 Å².